The van der Waals surface area contributed by atoms with Crippen LogP contribution in [0.1, 0.15) is 44.1 Å². The van der Waals surface area contributed by atoms with Gasteiger partial charge in [0, 0.05) is 18.8 Å². The maximum atomic E-state index is 13.3. The highest BCUT2D eigenvalue weighted by Gasteiger charge is 2.27. The molecule has 0 atom stereocenters. The molecule has 0 fully saturated rings. The number of tetrazole rings is 1. The number of hydrogen-bond acceptors (Lipinski definition) is 7. The topological polar surface area (TPSA) is 96.3 Å². The Kier molecular flexibility index (Phi) is 5.54. The lowest BCUT2D eigenvalue weighted by atomic mass is 10.1. The van der Waals surface area contributed by atoms with Crippen molar-refractivity contribution < 1.29 is 0 Å². The molecular formula is C21H24N8OS. The largest absolute Gasteiger partial charge is 0.324 e. The lowest BCUT2D eigenvalue weighted by Crippen LogP contribution is -2.19. The molecule has 5 rings (SSSR count). The zero-order chi connectivity index (χ0) is 21.2. The molecule has 4 heterocycles. The third-order valence-electron chi connectivity index (χ3n) is 5.54. The van der Waals surface area contributed by atoms with Crippen LogP contribution in [0.15, 0.2) is 40.3 Å². The van der Waals surface area contributed by atoms with Gasteiger partial charge < -0.3 is 4.57 Å². The molecule has 0 spiro atoms. The van der Waals surface area contributed by atoms with Crippen LogP contribution < -0.4 is 5.56 Å². The van der Waals surface area contributed by atoms with E-state index in [9.17, 15) is 4.79 Å². The Labute approximate surface area is 183 Å². The molecule has 0 amide bonds. The predicted octanol–water partition coefficient (Wildman–Crippen LogP) is 2.95. The summed E-state index contributed by atoms with van der Waals surface area (Å²) in [6, 6.07) is 9.53. The lowest BCUT2D eigenvalue weighted by molar-refractivity contribution is 0.561. The molecule has 0 radical (unpaired) electrons. The van der Waals surface area contributed by atoms with Crippen LogP contribution >= 0.6 is 11.8 Å². The molecule has 1 aromatic carbocycles. The SMILES string of the molecule is CCCn1nnnc1CSc1nc2nn(-c3ccccc3)c(=O)c-2c2n1CCCCC2. The number of rotatable bonds is 6. The Morgan fingerprint density at radius 3 is 2.84 bits per heavy atom. The van der Waals surface area contributed by atoms with E-state index in [1.54, 1.807) is 11.8 Å². The van der Waals surface area contributed by atoms with Gasteiger partial charge in [0.05, 0.1) is 11.4 Å². The van der Waals surface area contributed by atoms with Gasteiger partial charge >= 0.3 is 0 Å². The van der Waals surface area contributed by atoms with Gasteiger partial charge in [0.25, 0.3) is 5.56 Å². The van der Waals surface area contributed by atoms with E-state index in [2.05, 4.69) is 32.1 Å². The van der Waals surface area contributed by atoms with Crippen LogP contribution in [0.2, 0.25) is 0 Å². The molecule has 0 bridgehead atoms. The van der Waals surface area contributed by atoms with Gasteiger partial charge in [0.1, 0.15) is 5.56 Å². The highest BCUT2D eigenvalue weighted by atomic mass is 32.2. The van der Waals surface area contributed by atoms with Crippen LogP contribution in [0.4, 0.5) is 0 Å². The van der Waals surface area contributed by atoms with E-state index < -0.39 is 0 Å². The van der Waals surface area contributed by atoms with Gasteiger partial charge in [0.15, 0.2) is 16.8 Å². The fourth-order valence-corrected chi connectivity index (χ4v) is 5.02. The van der Waals surface area contributed by atoms with Crippen LogP contribution in [-0.4, -0.2) is 39.5 Å². The van der Waals surface area contributed by atoms with E-state index in [1.165, 1.54) is 4.68 Å². The van der Waals surface area contributed by atoms with Crippen molar-refractivity contribution in [3.63, 3.8) is 0 Å². The summed E-state index contributed by atoms with van der Waals surface area (Å²) in [5.74, 6) is 1.96. The summed E-state index contributed by atoms with van der Waals surface area (Å²) in [7, 11) is 0. The van der Waals surface area contributed by atoms with Crippen molar-refractivity contribution >= 4 is 11.8 Å². The summed E-state index contributed by atoms with van der Waals surface area (Å²) >= 11 is 1.61. The second kappa shape index (κ2) is 8.62. The van der Waals surface area contributed by atoms with Gasteiger partial charge in [-0.2, -0.15) is 4.68 Å². The predicted molar refractivity (Wildman–Crippen MR) is 117 cm³/mol. The van der Waals surface area contributed by atoms with E-state index >= 15 is 0 Å². The second-order valence-corrected chi connectivity index (χ2v) is 8.60. The van der Waals surface area contributed by atoms with Gasteiger partial charge in [0.2, 0.25) is 0 Å². The average molecular weight is 437 g/mol. The maximum absolute atomic E-state index is 13.3. The van der Waals surface area contributed by atoms with Crippen LogP contribution in [0.5, 0.6) is 0 Å². The van der Waals surface area contributed by atoms with Gasteiger partial charge in [-0.05, 0) is 48.2 Å². The van der Waals surface area contributed by atoms with Crippen LogP contribution in [-0.2, 0) is 25.3 Å². The van der Waals surface area contributed by atoms with E-state index in [0.29, 0.717) is 17.1 Å². The molecule has 9 nitrogen and oxygen atoms in total. The van der Waals surface area contributed by atoms with Crippen LogP contribution in [0.3, 0.4) is 0 Å². The number of fused-ring (bicyclic) bond motifs is 3. The molecule has 0 saturated carbocycles. The Hall–Kier alpha value is -3.01. The van der Waals surface area contributed by atoms with Gasteiger partial charge in [-0.3, -0.25) is 4.79 Å². The maximum Gasteiger partial charge on any atom is 0.284 e. The first-order valence-corrected chi connectivity index (χ1v) is 11.7. The number of para-hydroxylation sites is 1. The Morgan fingerprint density at radius 2 is 2.00 bits per heavy atom. The highest BCUT2D eigenvalue weighted by molar-refractivity contribution is 7.98. The molecule has 31 heavy (non-hydrogen) atoms. The van der Waals surface area contributed by atoms with Crippen molar-refractivity contribution in [3.05, 3.63) is 52.2 Å². The molecule has 0 saturated heterocycles. The molecular weight excluding hydrogens is 412 g/mol. The van der Waals surface area contributed by atoms with Crippen molar-refractivity contribution in [2.75, 3.05) is 0 Å². The molecule has 160 valence electrons. The minimum atomic E-state index is -0.0946. The average Bonchev–Trinajstić information content (AvgIpc) is 3.27. The summed E-state index contributed by atoms with van der Waals surface area (Å²) in [4.78, 5) is 18.1. The van der Waals surface area contributed by atoms with Crippen molar-refractivity contribution in [1.29, 1.82) is 0 Å². The summed E-state index contributed by atoms with van der Waals surface area (Å²) in [5.41, 5.74) is 2.35. The summed E-state index contributed by atoms with van der Waals surface area (Å²) < 4.78 is 5.53. The van der Waals surface area contributed by atoms with Crippen molar-refractivity contribution in [1.82, 2.24) is 39.5 Å². The normalized spacial score (nSPS) is 14.0. The molecule has 3 aliphatic rings. The van der Waals surface area contributed by atoms with Crippen LogP contribution in [0, 0.1) is 0 Å². The summed E-state index contributed by atoms with van der Waals surface area (Å²) in [6.07, 6.45) is 5.11. The monoisotopic (exact) mass is 436 g/mol. The molecule has 3 aliphatic heterocycles. The quantitative estimate of drug-likeness (QED) is 0.339. The molecule has 10 heteroatoms. The van der Waals surface area contributed by atoms with E-state index in [1.807, 2.05) is 35.0 Å². The zero-order valence-corrected chi connectivity index (χ0v) is 18.3. The fraction of sp³-hybridized carbons (Fsp3) is 0.429. The molecule has 1 aromatic heterocycles. The first-order valence-electron chi connectivity index (χ1n) is 10.7. The molecule has 2 aromatic rings. The Bertz CT molecular complexity index is 1210. The van der Waals surface area contributed by atoms with Gasteiger partial charge in [-0.1, -0.05) is 43.3 Å². The molecule has 0 aliphatic carbocycles. The van der Waals surface area contributed by atoms with E-state index in [4.69, 9.17) is 4.98 Å². The van der Waals surface area contributed by atoms with E-state index in [-0.39, 0.29) is 5.56 Å². The number of aromatic nitrogens is 8. The molecule has 0 unspecified atom stereocenters. The van der Waals surface area contributed by atoms with Crippen molar-refractivity contribution in [2.45, 2.75) is 63.0 Å². The minimum absolute atomic E-state index is 0.0946. The number of hydrogen-bond donors (Lipinski definition) is 0. The first kappa shape index (κ1) is 19.9. The number of nitrogens with zero attached hydrogens (tertiary/aromatic N) is 8. The molecule has 0 N–H and O–H groups in total. The second-order valence-electron chi connectivity index (χ2n) is 7.66. The number of thioether (sulfide) groups is 1. The minimum Gasteiger partial charge on any atom is -0.324 e. The third-order valence-corrected chi connectivity index (χ3v) is 6.51. The number of benzene rings is 1. The zero-order valence-electron chi connectivity index (χ0n) is 17.4. The Morgan fingerprint density at radius 1 is 1.13 bits per heavy atom. The third kappa shape index (κ3) is 3.76. The lowest BCUT2D eigenvalue weighted by Gasteiger charge is -2.17. The standard InChI is InChI=1S/C21H24N8OS/c1-2-12-28-17(23-25-26-28)14-31-21-22-19-18(16-11-7-4-8-13-27(16)21)20(30)29(24-19)15-9-5-3-6-10-15/h3,5-6,9-10H,2,4,7-8,11-14H2,1H3. The van der Waals surface area contributed by atoms with Crippen LogP contribution in [0.25, 0.3) is 17.1 Å². The number of aryl methyl sites for hydroxylation is 1. The Balaban J connectivity index is 1.58. The first-order chi connectivity index (χ1) is 15.3. The summed E-state index contributed by atoms with van der Waals surface area (Å²) in [5, 5.41) is 17.5. The summed E-state index contributed by atoms with van der Waals surface area (Å²) in [6.45, 7) is 3.76. The van der Waals surface area contributed by atoms with Gasteiger partial charge in [-0.25, -0.2) is 9.67 Å². The van der Waals surface area contributed by atoms with Gasteiger partial charge in [-0.15, -0.1) is 10.2 Å². The highest BCUT2D eigenvalue weighted by Crippen LogP contribution is 2.31. The van der Waals surface area contributed by atoms with Crippen molar-refractivity contribution in [2.24, 2.45) is 0 Å². The van der Waals surface area contributed by atoms with Crippen molar-refractivity contribution in [3.8, 4) is 17.1 Å². The fourth-order valence-electron chi connectivity index (χ4n) is 4.05. The smallest absolute Gasteiger partial charge is 0.284 e. The van der Waals surface area contributed by atoms with E-state index in [0.717, 1.165) is 67.6 Å².